The Morgan fingerprint density at radius 1 is 1.27 bits per heavy atom. The number of nitrogens with zero attached hydrogens (tertiary/aromatic N) is 2. The summed E-state index contributed by atoms with van der Waals surface area (Å²) >= 11 is 0. The van der Waals surface area contributed by atoms with Crippen molar-refractivity contribution in [2.45, 2.75) is 6.54 Å². The van der Waals surface area contributed by atoms with E-state index >= 15 is 0 Å². The Labute approximate surface area is 89.2 Å². The van der Waals surface area contributed by atoms with Gasteiger partial charge in [0.15, 0.2) is 0 Å². The number of anilines is 1. The summed E-state index contributed by atoms with van der Waals surface area (Å²) in [4.78, 5) is 12.8. The Bertz CT molecular complexity index is 334. The number of hydrogen-bond donors (Lipinski definition) is 2. The van der Waals surface area contributed by atoms with Crippen LogP contribution in [0.2, 0.25) is 0 Å². The summed E-state index contributed by atoms with van der Waals surface area (Å²) in [5.74, 6) is 5.44. The minimum atomic E-state index is -0.671. The molecule has 0 aromatic heterocycles. The van der Waals surface area contributed by atoms with E-state index in [1.165, 1.54) is 0 Å². The van der Waals surface area contributed by atoms with Crippen molar-refractivity contribution in [1.29, 1.82) is 0 Å². The van der Waals surface area contributed by atoms with E-state index in [0.717, 1.165) is 17.1 Å². The van der Waals surface area contributed by atoms with Gasteiger partial charge in [-0.2, -0.15) is 0 Å². The lowest BCUT2D eigenvalue weighted by atomic mass is 10.2. The SMILES string of the molecule is CN(C)Cc1ccc(N(N)C(N)=O)cc1. The Balaban J connectivity index is 2.76. The molecule has 0 bridgehead atoms. The molecule has 0 saturated heterocycles. The number of urea groups is 1. The smallest absolute Gasteiger partial charge is 0.333 e. The number of primary amides is 1. The van der Waals surface area contributed by atoms with Crippen LogP contribution in [-0.4, -0.2) is 25.0 Å². The largest absolute Gasteiger partial charge is 0.350 e. The quantitative estimate of drug-likeness (QED) is 0.431. The molecule has 0 radical (unpaired) electrons. The van der Waals surface area contributed by atoms with E-state index in [1.54, 1.807) is 12.1 Å². The molecule has 0 spiro atoms. The first kappa shape index (κ1) is 11.5. The number of carbonyl (C=O) groups is 1. The summed E-state index contributed by atoms with van der Waals surface area (Å²) in [7, 11) is 3.99. The lowest BCUT2D eigenvalue weighted by Crippen LogP contribution is -2.41. The Morgan fingerprint density at radius 3 is 2.20 bits per heavy atom. The number of rotatable bonds is 3. The Kier molecular flexibility index (Phi) is 3.65. The highest BCUT2D eigenvalue weighted by molar-refractivity contribution is 5.89. The first-order valence-corrected chi connectivity index (χ1v) is 4.58. The number of hydrogen-bond acceptors (Lipinski definition) is 3. The van der Waals surface area contributed by atoms with Crippen molar-refractivity contribution in [1.82, 2.24) is 4.90 Å². The molecule has 0 unspecified atom stereocenters. The molecule has 0 atom stereocenters. The topological polar surface area (TPSA) is 75.6 Å². The maximum absolute atomic E-state index is 10.8. The van der Waals surface area contributed by atoms with Gasteiger partial charge in [0.25, 0.3) is 0 Å². The number of carbonyl (C=O) groups excluding carboxylic acids is 1. The van der Waals surface area contributed by atoms with Crippen LogP contribution in [0.15, 0.2) is 24.3 Å². The van der Waals surface area contributed by atoms with Crippen LogP contribution in [-0.2, 0) is 6.54 Å². The Morgan fingerprint density at radius 2 is 1.80 bits per heavy atom. The van der Waals surface area contributed by atoms with Gasteiger partial charge >= 0.3 is 6.03 Å². The van der Waals surface area contributed by atoms with Crippen molar-refractivity contribution in [3.8, 4) is 0 Å². The molecule has 82 valence electrons. The molecule has 15 heavy (non-hydrogen) atoms. The monoisotopic (exact) mass is 208 g/mol. The highest BCUT2D eigenvalue weighted by atomic mass is 16.2. The lowest BCUT2D eigenvalue weighted by molar-refractivity contribution is 0.254. The molecule has 1 aromatic carbocycles. The van der Waals surface area contributed by atoms with Crippen LogP contribution in [0.5, 0.6) is 0 Å². The van der Waals surface area contributed by atoms with Crippen molar-refractivity contribution in [2.75, 3.05) is 19.1 Å². The molecule has 0 aliphatic carbocycles. The standard InChI is InChI=1S/C10H16N4O/c1-13(2)7-8-3-5-9(6-4-8)14(12)10(11)15/h3-6H,7,12H2,1-2H3,(H2,11,15). The summed E-state index contributed by atoms with van der Waals surface area (Å²) < 4.78 is 0. The average Bonchev–Trinajstić information content (AvgIpc) is 2.17. The molecule has 0 aliphatic heterocycles. The van der Waals surface area contributed by atoms with Crippen LogP contribution in [0.25, 0.3) is 0 Å². The van der Waals surface area contributed by atoms with Crippen LogP contribution in [0.1, 0.15) is 5.56 Å². The fourth-order valence-electron chi connectivity index (χ4n) is 1.25. The maximum atomic E-state index is 10.8. The van der Waals surface area contributed by atoms with Crippen LogP contribution in [0.4, 0.5) is 10.5 Å². The summed E-state index contributed by atoms with van der Waals surface area (Å²) in [5.41, 5.74) is 6.78. The van der Waals surface area contributed by atoms with E-state index in [2.05, 4.69) is 4.90 Å². The van der Waals surface area contributed by atoms with Crippen LogP contribution < -0.4 is 16.6 Å². The van der Waals surface area contributed by atoms with Crippen molar-refractivity contribution in [3.05, 3.63) is 29.8 Å². The number of nitrogens with two attached hydrogens (primary N) is 2. The van der Waals surface area contributed by atoms with Crippen LogP contribution >= 0.6 is 0 Å². The highest BCUT2D eigenvalue weighted by Crippen LogP contribution is 2.12. The van der Waals surface area contributed by atoms with Gasteiger partial charge in [0.1, 0.15) is 0 Å². The third kappa shape index (κ3) is 3.23. The molecule has 1 aromatic rings. The Hall–Kier alpha value is -1.59. The second kappa shape index (κ2) is 4.77. The zero-order valence-electron chi connectivity index (χ0n) is 8.97. The minimum Gasteiger partial charge on any atom is -0.350 e. The van der Waals surface area contributed by atoms with Crippen molar-refractivity contribution >= 4 is 11.7 Å². The molecule has 0 aliphatic rings. The first-order valence-electron chi connectivity index (χ1n) is 4.58. The normalized spacial score (nSPS) is 10.4. The fourth-order valence-corrected chi connectivity index (χ4v) is 1.25. The molecule has 0 fully saturated rings. The van der Waals surface area contributed by atoms with Gasteiger partial charge in [0, 0.05) is 6.54 Å². The van der Waals surface area contributed by atoms with Gasteiger partial charge in [-0.05, 0) is 31.8 Å². The van der Waals surface area contributed by atoms with Crippen LogP contribution in [0, 0.1) is 0 Å². The van der Waals surface area contributed by atoms with E-state index in [-0.39, 0.29) is 0 Å². The van der Waals surface area contributed by atoms with Crippen molar-refractivity contribution in [2.24, 2.45) is 11.6 Å². The summed E-state index contributed by atoms with van der Waals surface area (Å²) in [6.07, 6.45) is 0. The predicted octanol–water partition coefficient (Wildman–Crippen LogP) is 0.507. The van der Waals surface area contributed by atoms with Gasteiger partial charge in [0.05, 0.1) is 5.69 Å². The lowest BCUT2D eigenvalue weighted by Gasteiger charge is -2.15. The molecule has 2 amide bonds. The van der Waals surface area contributed by atoms with E-state index in [9.17, 15) is 4.79 Å². The number of hydrazine groups is 1. The number of benzene rings is 1. The summed E-state index contributed by atoms with van der Waals surface area (Å²) in [5, 5.41) is 0.916. The highest BCUT2D eigenvalue weighted by Gasteiger charge is 2.06. The summed E-state index contributed by atoms with van der Waals surface area (Å²) in [6.45, 7) is 0.849. The molecule has 0 saturated carbocycles. The third-order valence-corrected chi connectivity index (χ3v) is 1.95. The maximum Gasteiger partial charge on any atom is 0.333 e. The van der Waals surface area contributed by atoms with Gasteiger partial charge in [-0.15, -0.1) is 0 Å². The van der Waals surface area contributed by atoms with Gasteiger partial charge < -0.3 is 10.6 Å². The molecule has 1 rings (SSSR count). The van der Waals surface area contributed by atoms with E-state index in [1.807, 2.05) is 26.2 Å². The molecule has 4 N–H and O–H groups in total. The van der Waals surface area contributed by atoms with E-state index in [4.69, 9.17) is 11.6 Å². The minimum absolute atomic E-state index is 0.588. The van der Waals surface area contributed by atoms with Gasteiger partial charge in [-0.25, -0.2) is 15.6 Å². The second-order valence-electron chi connectivity index (χ2n) is 3.61. The molecular weight excluding hydrogens is 192 g/mol. The van der Waals surface area contributed by atoms with Crippen LogP contribution in [0.3, 0.4) is 0 Å². The second-order valence-corrected chi connectivity index (χ2v) is 3.61. The van der Waals surface area contributed by atoms with Crippen molar-refractivity contribution in [3.63, 3.8) is 0 Å². The predicted molar refractivity (Wildman–Crippen MR) is 60.1 cm³/mol. The van der Waals surface area contributed by atoms with Gasteiger partial charge in [0.2, 0.25) is 0 Å². The third-order valence-electron chi connectivity index (χ3n) is 1.95. The van der Waals surface area contributed by atoms with E-state index in [0.29, 0.717) is 5.69 Å². The first-order chi connectivity index (χ1) is 7.00. The fraction of sp³-hybridized carbons (Fsp3) is 0.300. The van der Waals surface area contributed by atoms with Gasteiger partial charge in [-0.1, -0.05) is 12.1 Å². The molecule has 0 heterocycles. The molecular formula is C10H16N4O. The van der Waals surface area contributed by atoms with Gasteiger partial charge in [-0.3, -0.25) is 0 Å². The average molecular weight is 208 g/mol. The zero-order chi connectivity index (χ0) is 11.4. The summed E-state index contributed by atoms with van der Waals surface area (Å²) in [6, 6.07) is 6.69. The van der Waals surface area contributed by atoms with Crippen molar-refractivity contribution < 1.29 is 4.79 Å². The molecule has 5 heteroatoms. The molecule has 5 nitrogen and oxygen atoms in total. The number of amides is 2. The zero-order valence-corrected chi connectivity index (χ0v) is 8.97. The van der Waals surface area contributed by atoms with E-state index < -0.39 is 6.03 Å².